The Bertz CT molecular complexity index is 354. The van der Waals surface area contributed by atoms with Gasteiger partial charge in [0.05, 0.1) is 11.5 Å². The molecule has 1 heterocycles. The lowest BCUT2D eigenvalue weighted by Crippen LogP contribution is -2.11. The molecule has 0 spiro atoms. The lowest BCUT2D eigenvalue weighted by molar-refractivity contribution is -0.384. The maximum atomic E-state index is 10.8. The van der Waals surface area contributed by atoms with Crippen LogP contribution in [-0.2, 0) is 4.74 Å². The Labute approximate surface area is 87.4 Å². The van der Waals surface area contributed by atoms with E-state index in [9.17, 15) is 10.1 Å². The molecular weight excluding hydrogens is 198 g/mol. The predicted octanol–water partition coefficient (Wildman–Crippen LogP) is 1.36. The summed E-state index contributed by atoms with van der Waals surface area (Å²) in [6.07, 6.45) is 1.54. The molecule has 1 aromatic rings. The number of nitro groups is 1. The van der Waals surface area contributed by atoms with Gasteiger partial charge >= 0.3 is 5.69 Å². The number of rotatable bonds is 5. The van der Waals surface area contributed by atoms with Gasteiger partial charge < -0.3 is 10.1 Å². The molecule has 0 radical (unpaired) electrons. The molecule has 0 atom stereocenters. The predicted molar refractivity (Wildman–Crippen MR) is 56.0 cm³/mol. The molecule has 0 aliphatic carbocycles. The average Bonchev–Trinajstić information content (AvgIpc) is 2.17. The number of methoxy groups -OCH3 is 1. The van der Waals surface area contributed by atoms with Crippen LogP contribution in [0.3, 0.4) is 0 Å². The fraction of sp³-hybridized carbons (Fsp3) is 0.444. The van der Waals surface area contributed by atoms with Gasteiger partial charge in [0.1, 0.15) is 0 Å². The molecular formula is C9H13N3O3. The third kappa shape index (κ3) is 2.88. The summed E-state index contributed by atoms with van der Waals surface area (Å²) >= 11 is 0. The molecule has 0 saturated carbocycles. The summed E-state index contributed by atoms with van der Waals surface area (Å²) in [6.45, 7) is 2.65. The number of hydrogen-bond acceptors (Lipinski definition) is 5. The van der Waals surface area contributed by atoms with E-state index >= 15 is 0 Å². The van der Waals surface area contributed by atoms with Crippen LogP contribution in [-0.4, -0.2) is 30.2 Å². The van der Waals surface area contributed by atoms with E-state index in [2.05, 4.69) is 10.3 Å². The van der Waals surface area contributed by atoms with Gasteiger partial charge in [-0.25, -0.2) is 4.98 Å². The van der Waals surface area contributed by atoms with Gasteiger partial charge in [0.15, 0.2) is 0 Å². The van der Waals surface area contributed by atoms with Crippen LogP contribution < -0.4 is 5.32 Å². The second-order valence-electron chi connectivity index (χ2n) is 3.00. The Morgan fingerprint density at radius 1 is 1.67 bits per heavy atom. The highest BCUT2D eigenvalue weighted by molar-refractivity contribution is 5.59. The van der Waals surface area contributed by atoms with Crippen molar-refractivity contribution in [3.8, 4) is 0 Å². The zero-order valence-corrected chi connectivity index (χ0v) is 8.69. The molecule has 82 valence electrons. The Morgan fingerprint density at radius 3 is 3.00 bits per heavy atom. The van der Waals surface area contributed by atoms with Crippen LogP contribution in [0.15, 0.2) is 12.3 Å². The van der Waals surface area contributed by atoms with E-state index in [-0.39, 0.29) is 11.5 Å². The van der Waals surface area contributed by atoms with Crippen molar-refractivity contribution in [2.24, 2.45) is 0 Å². The number of pyridine rings is 1. The maximum Gasteiger partial charge on any atom is 0.314 e. The summed E-state index contributed by atoms with van der Waals surface area (Å²) in [6, 6.07) is 1.61. The van der Waals surface area contributed by atoms with Gasteiger partial charge in [0.2, 0.25) is 5.82 Å². The molecule has 0 fully saturated rings. The van der Waals surface area contributed by atoms with Crippen LogP contribution >= 0.6 is 0 Å². The first kappa shape index (κ1) is 11.4. The molecule has 0 aromatic carbocycles. The molecule has 1 N–H and O–H groups in total. The topological polar surface area (TPSA) is 77.3 Å². The molecule has 6 nitrogen and oxygen atoms in total. The minimum absolute atomic E-state index is 0.0219. The number of nitrogens with one attached hydrogen (secondary N) is 1. The summed E-state index contributed by atoms with van der Waals surface area (Å²) in [5.74, 6) is 0.289. The van der Waals surface area contributed by atoms with Crippen molar-refractivity contribution in [1.29, 1.82) is 0 Å². The smallest absolute Gasteiger partial charge is 0.314 e. The zero-order valence-electron chi connectivity index (χ0n) is 8.69. The number of anilines is 1. The van der Waals surface area contributed by atoms with Crippen LogP contribution in [0.2, 0.25) is 0 Å². The Hall–Kier alpha value is -1.69. The summed E-state index contributed by atoms with van der Waals surface area (Å²) < 4.78 is 4.83. The standard InChI is InChI=1S/C9H13N3O3/c1-7-3-4-10-9(8(7)12(13)14)11-5-6-15-2/h3-4H,5-6H2,1-2H3,(H,10,11). The van der Waals surface area contributed by atoms with E-state index in [1.165, 1.54) is 6.20 Å². The molecule has 0 aliphatic heterocycles. The second kappa shape index (κ2) is 5.26. The van der Waals surface area contributed by atoms with E-state index in [1.54, 1.807) is 20.1 Å². The third-order valence-corrected chi connectivity index (χ3v) is 1.91. The minimum Gasteiger partial charge on any atom is -0.383 e. The molecule has 6 heteroatoms. The molecule has 0 aliphatic rings. The normalized spacial score (nSPS) is 10.0. The van der Waals surface area contributed by atoms with E-state index in [1.807, 2.05) is 0 Å². The van der Waals surface area contributed by atoms with E-state index < -0.39 is 4.92 Å². The molecule has 1 rings (SSSR count). The van der Waals surface area contributed by atoms with E-state index in [0.717, 1.165) is 0 Å². The number of hydrogen-bond donors (Lipinski definition) is 1. The molecule has 1 aromatic heterocycles. The van der Waals surface area contributed by atoms with Gasteiger partial charge in [0.25, 0.3) is 0 Å². The van der Waals surface area contributed by atoms with Crippen LogP contribution in [0.25, 0.3) is 0 Å². The number of aryl methyl sites for hydroxylation is 1. The summed E-state index contributed by atoms with van der Waals surface area (Å²) in [4.78, 5) is 14.3. The number of nitrogens with zero attached hydrogens (tertiary/aromatic N) is 2. The molecule has 0 saturated heterocycles. The monoisotopic (exact) mass is 211 g/mol. The van der Waals surface area contributed by atoms with Crippen LogP contribution in [0, 0.1) is 17.0 Å². The minimum atomic E-state index is -0.433. The molecule has 15 heavy (non-hydrogen) atoms. The van der Waals surface area contributed by atoms with Crippen molar-refractivity contribution in [3.63, 3.8) is 0 Å². The summed E-state index contributed by atoms with van der Waals surface area (Å²) in [5.41, 5.74) is 0.614. The van der Waals surface area contributed by atoms with Gasteiger partial charge in [-0.2, -0.15) is 0 Å². The SMILES string of the molecule is COCCNc1nccc(C)c1[N+](=O)[O-]. The maximum absolute atomic E-state index is 10.8. The van der Waals surface area contributed by atoms with Gasteiger partial charge in [-0.05, 0) is 13.0 Å². The summed E-state index contributed by atoms with van der Waals surface area (Å²) in [5, 5.41) is 13.6. The Balaban J connectivity index is 2.86. The highest BCUT2D eigenvalue weighted by Gasteiger charge is 2.17. The Kier molecular flexibility index (Phi) is 3.99. The largest absolute Gasteiger partial charge is 0.383 e. The fourth-order valence-electron chi connectivity index (χ4n) is 1.18. The van der Waals surface area contributed by atoms with Gasteiger partial charge in [-0.1, -0.05) is 0 Å². The average molecular weight is 211 g/mol. The molecule has 0 amide bonds. The fourth-order valence-corrected chi connectivity index (χ4v) is 1.18. The number of ether oxygens (including phenoxy) is 1. The first-order chi connectivity index (χ1) is 7.16. The van der Waals surface area contributed by atoms with E-state index in [0.29, 0.717) is 18.7 Å². The van der Waals surface area contributed by atoms with Crippen molar-refractivity contribution >= 4 is 11.5 Å². The van der Waals surface area contributed by atoms with E-state index in [4.69, 9.17) is 4.74 Å². The van der Waals surface area contributed by atoms with Crippen LogP contribution in [0.1, 0.15) is 5.56 Å². The third-order valence-electron chi connectivity index (χ3n) is 1.91. The zero-order chi connectivity index (χ0) is 11.3. The number of aromatic nitrogens is 1. The highest BCUT2D eigenvalue weighted by atomic mass is 16.6. The van der Waals surface area contributed by atoms with Crippen LogP contribution in [0.5, 0.6) is 0 Å². The van der Waals surface area contributed by atoms with Gasteiger partial charge in [-0.15, -0.1) is 0 Å². The van der Waals surface area contributed by atoms with Gasteiger partial charge in [-0.3, -0.25) is 10.1 Å². The Morgan fingerprint density at radius 2 is 2.40 bits per heavy atom. The highest BCUT2D eigenvalue weighted by Crippen LogP contribution is 2.24. The van der Waals surface area contributed by atoms with Crippen molar-refractivity contribution in [2.45, 2.75) is 6.92 Å². The van der Waals surface area contributed by atoms with Crippen LogP contribution in [0.4, 0.5) is 11.5 Å². The molecule has 0 unspecified atom stereocenters. The van der Waals surface area contributed by atoms with Crippen molar-refractivity contribution in [2.75, 3.05) is 25.6 Å². The quantitative estimate of drug-likeness (QED) is 0.452. The van der Waals surface area contributed by atoms with Crippen molar-refractivity contribution in [1.82, 2.24) is 4.98 Å². The lowest BCUT2D eigenvalue weighted by atomic mass is 10.2. The van der Waals surface area contributed by atoms with Crippen molar-refractivity contribution < 1.29 is 9.66 Å². The molecule has 0 bridgehead atoms. The van der Waals surface area contributed by atoms with Crippen molar-refractivity contribution in [3.05, 3.63) is 27.9 Å². The lowest BCUT2D eigenvalue weighted by Gasteiger charge is -2.06. The first-order valence-corrected chi connectivity index (χ1v) is 4.49. The first-order valence-electron chi connectivity index (χ1n) is 4.49. The summed E-state index contributed by atoms with van der Waals surface area (Å²) in [7, 11) is 1.57. The second-order valence-corrected chi connectivity index (χ2v) is 3.00. The van der Waals surface area contributed by atoms with Gasteiger partial charge in [0, 0.05) is 25.4 Å².